The minimum atomic E-state index is -0.262. The number of halogens is 1. The van der Waals surface area contributed by atoms with Gasteiger partial charge in [0.05, 0.1) is 5.25 Å². The van der Waals surface area contributed by atoms with Crippen molar-refractivity contribution in [2.75, 3.05) is 0 Å². The average molecular weight is 281 g/mol. The highest BCUT2D eigenvalue weighted by atomic mass is 32.2. The van der Waals surface area contributed by atoms with E-state index in [2.05, 4.69) is 15.5 Å². The maximum atomic E-state index is 13.4. The Balaban J connectivity index is 2.29. The van der Waals surface area contributed by atoms with Gasteiger partial charge in [0.2, 0.25) is 5.16 Å². The molecule has 2 atom stereocenters. The van der Waals surface area contributed by atoms with Gasteiger partial charge in [0, 0.05) is 13.1 Å². The Labute approximate surface area is 115 Å². The predicted octanol–water partition coefficient (Wildman–Crippen LogP) is 1.92. The highest BCUT2D eigenvalue weighted by Crippen LogP contribution is 2.36. The quantitative estimate of drug-likeness (QED) is 0.848. The van der Waals surface area contributed by atoms with Gasteiger partial charge in [-0.05, 0) is 34.5 Å². The van der Waals surface area contributed by atoms with Gasteiger partial charge in [0.15, 0.2) is 0 Å². The molecule has 0 aliphatic heterocycles. The van der Waals surface area contributed by atoms with E-state index in [1.165, 1.54) is 23.9 Å². The number of hydrogen-bond acceptors (Lipinski definition) is 5. The lowest BCUT2D eigenvalue weighted by Gasteiger charge is -2.22. The lowest BCUT2D eigenvalue weighted by atomic mass is 10.0. The van der Waals surface area contributed by atoms with Gasteiger partial charge in [-0.1, -0.05) is 30.8 Å². The van der Waals surface area contributed by atoms with E-state index in [0.717, 1.165) is 12.0 Å². The molecule has 1 aromatic heterocycles. The summed E-state index contributed by atoms with van der Waals surface area (Å²) in [5.74, 6) is -0.262. The van der Waals surface area contributed by atoms with Gasteiger partial charge in [0.25, 0.3) is 0 Å². The fourth-order valence-electron chi connectivity index (χ4n) is 1.73. The first-order valence-electron chi connectivity index (χ1n) is 6.02. The van der Waals surface area contributed by atoms with E-state index < -0.39 is 0 Å². The number of hydrogen-bond donors (Lipinski definition) is 1. The van der Waals surface area contributed by atoms with Gasteiger partial charge in [-0.25, -0.2) is 9.07 Å². The van der Waals surface area contributed by atoms with Crippen molar-refractivity contribution in [3.63, 3.8) is 0 Å². The van der Waals surface area contributed by atoms with Crippen molar-refractivity contribution in [3.05, 3.63) is 35.6 Å². The number of nitrogens with two attached hydrogens (primary N) is 1. The second kappa shape index (κ2) is 6.12. The van der Waals surface area contributed by atoms with Crippen molar-refractivity contribution in [2.45, 2.75) is 29.8 Å². The fraction of sp³-hybridized carbons (Fsp3) is 0.417. The Bertz CT molecular complexity index is 544. The Morgan fingerprint density at radius 2 is 2.26 bits per heavy atom. The zero-order chi connectivity index (χ0) is 13.8. The smallest absolute Gasteiger partial charge is 0.209 e. The molecule has 2 N–H and O–H groups in total. The lowest BCUT2D eigenvalue weighted by Crippen LogP contribution is -2.26. The van der Waals surface area contributed by atoms with Crippen LogP contribution in [0.5, 0.6) is 0 Å². The fourth-order valence-corrected chi connectivity index (χ4v) is 2.88. The number of aromatic nitrogens is 4. The van der Waals surface area contributed by atoms with Crippen LogP contribution in [0.2, 0.25) is 0 Å². The molecule has 0 saturated carbocycles. The van der Waals surface area contributed by atoms with Gasteiger partial charge in [0.1, 0.15) is 5.82 Å². The van der Waals surface area contributed by atoms with Gasteiger partial charge in [-0.15, -0.1) is 5.10 Å². The van der Waals surface area contributed by atoms with Crippen molar-refractivity contribution < 1.29 is 4.39 Å². The molecule has 2 unspecified atom stereocenters. The summed E-state index contributed by atoms with van der Waals surface area (Å²) < 4.78 is 14.9. The van der Waals surface area contributed by atoms with E-state index in [1.807, 2.05) is 13.0 Å². The highest BCUT2D eigenvalue weighted by Gasteiger charge is 2.22. The molecule has 1 heterocycles. The Kier molecular flexibility index (Phi) is 4.49. The first kappa shape index (κ1) is 14.0. The Morgan fingerprint density at radius 3 is 2.84 bits per heavy atom. The lowest BCUT2D eigenvalue weighted by molar-refractivity contribution is 0.606. The van der Waals surface area contributed by atoms with Crippen LogP contribution in [0.15, 0.2) is 29.4 Å². The number of rotatable bonds is 5. The second-order valence-corrected chi connectivity index (χ2v) is 5.36. The summed E-state index contributed by atoms with van der Waals surface area (Å²) in [7, 11) is 1.77. The Morgan fingerprint density at radius 1 is 1.47 bits per heavy atom. The minimum absolute atomic E-state index is 0.0783. The molecule has 0 saturated heterocycles. The van der Waals surface area contributed by atoms with Gasteiger partial charge >= 0.3 is 0 Å². The number of benzene rings is 1. The SMILES string of the molecule is CCC(N)C(Sc1nnnn1C)c1cccc(F)c1. The van der Waals surface area contributed by atoms with Gasteiger partial charge in [-0.3, -0.25) is 0 Å². The molecule has 0 fully saturated rings. The molecule has 0 amide bonds. The van der Waals surface area contributed by atoms with E-state index in [4.69, 9.17) is 5.73 Å². The van der Waals surface area contributed by atoms with Crippen LogP contribution in [-0.4, -0.2) is 26.2 Å². The standard InChI is InChI=1S/C12H16FN5S/c1-3-10(14)11(8-5-4-6-9(13)7-8)19-12-15-16-17-18(12)2/h4-7,10-11H,3,14H2,1-2H3. The summed E-state index contributed by atoms with van der Waals surface area (Å²) >= 11 is 1.45. The summed E-state index contributed by atoms with van der Waals surface area (Å²) in [6.45, 7) is 2.01. The Hall–Kier alpha value is -1.47. The number of tetrazole rings is 1. The van der Waals surface area contributed by atoms with E-state index in [1.54, 1.807) is 17.8 Å². The van der Waals surface area contributed by atoms with Crippen molar-refractivity contribution in [1.29, 1.82) is 0 Å². The molecule has 0 radical (unpaired) electrons. The molecule has 2 aromatic rings. The second-order valence-electron chi connectivity index (χ2n) is 4.25. The van der Waals surface area contributed by atoms with E-state index in [9.17, 15) is 4.39 Å². The molecule has 0 aliphatic carbocycles. The normalized spacial score (nSPS) is 14.3. The van der Waals surface area contributed by atoms with Gasteiger partial charge < -0.3 is 5.73 Å². The predicted molar refractivity (Wildman–Crippen MR) is 72.1 cm³/mol. The van der Waals surface area contributed by atoms with Crippen LogP contribution < -0.4 is 5.73 Å². The monoisotopic (exact) mass is 281 g/mol. The summed E-state index contributed by atoms with van der Waals surface area (Å²) in [6, 6.07) is 6.41. The molecule has 7 heteroatoms. The molecule has 5 nitrogen and oxygen atoms in total. The maximum absolute atomic E-state index is 13.4. The van der Waals surface area contributed by atoms with Crippen LogP contribution in [0.1, 0.15) is 24.2 Å². The largest absolute Gasteiger partial charge is 0.326 e. The molecule has 19 heavy (non-hydrogen) atoms. The molecule has 102 valence electrons. The van der Waals surface area contributed by atoms with Crippen LogP contribution in [-0.2, 0) is 7.05 Å². The van der Waals surface area contributed by atoms with Crippen molar-refractivity contribution >= 4 is 11.8 Å². The maximum Gasteiger partial charge on any atom is 0.209 e. The van der Waals surface area contributed by atoms with Crippen LogP contribution in [0.3, 0.4) is 0 Å². The molecule has 1 aromatic carbocycles. The third-order valence-electron chi connectivity index (χ3n) is 2.85. The summed E-state index contributed by atoms with van der Waals surface area (Å²) in [5.41, 5.74) is 6.99. The first-order chi connectivity index (χ1) is 9.11. The van der Waals surface area contributed by atoms with Crippen molar-refractivity contribution in [1.82, 2.24) is 20.2 Å². The molecule has 0 bridgehead atoms. The van der Waals surface area contributed by atoms with Crippen LogP contribution >= 0.6 is 11.8 Å². The van der Waals surface area contributed by atoms with Crippen LogP contribution in [0.25, 0.3) is 0 Å². The topological polar surface area (TPSA) is 69.6 Å². The summed E-state index contributed by atoms with van der Waals surface area (Å²) in [4.78, 5) is 0. The number of aryl methyl sites for hydroxylation is 1. The summed E-state index contributed by atoms with van der Waals surface area (Å²) in [5, 5.41) is 11.9. The third kappa shape index (κ3) is 3.30. The highest BCUT2D eigenvalue weighted by molar-refractivity contribution is 7.99. The number of thioether (sulfide) groups is 1. The first-order valence-corrected chi connectivity index (χ1v) is 6.89. The van der Waals surface area contributed by atoms with Crippen molar-refractivity contribution in [3.8, 4) is 0 Å². The molecular weight excluding hydrogens is 265 g/mol. The van der Waals surface area contributed by atoms with E-state index in [-0.39, 0.29) is 17.1 Å². The zero-order valence-corrected chi connectivity index (χ0v) is 11.6. The molecular formula is C12H16FN5S. The zero-order valence-electron chi connectivity index (χ0n) is 10.8. The third-order valence-corrected chi connectivity index (χ3v) is 4.28. The van der Waals surface area contributed by atoms with E-state index in [0.29, 0.717) is 5.16 Å². The molecule has 2 rings (SSSR count). The van der Waals surface area contributed by atoms with Crippen LogP contribution in [0.4, 0.5) is 4.39 Å². The average Bonchev–Trinajstić information content (AvgIpc) is 2.80. The molecule has 0 spiro atoms. The van der Waals surface area contributed by atoms with Crippen LogP contribution in [0, 0.1) is 5.82 Å². The van der Waals surface area contributed by atoms with Crippen molar-refractivity contribution in [2.24, 2.45) is 12.8 Å². The van der Waals surface area contributed by atoms with E-state index >= 15 is 0 Å². The van der Waals surface area contributed by atoms with Gasteiger partial charge in [-0.2, -0.15) is 0 Å². The number of nitrogens with zero attached hydrogens (tertiary/aromatic N) is 4. The summed E-state index contributed by atoms with van der Waals surface area (Å²) in [6.07, 6.45) is 0.791. The minimum Gasteiger partial charge on any atom is -0.326 e. The molecule has 0 aliphatic rings.